The summed E-state index contributed by atoms with van der Waals surface area (Å²) in [6, 6.07) is 15.1. The van der Waals surface area contributed by atoms with Gasteiger partial charge in [0.25, 0.3) is 0 Å². The Balaban J connectivity index is 2.11. The molecular weight excluding hydrogens is 278 g/mol. The maximum Gasteiger partial charge on any atom is 0.0457 e. The van der Waals surface area contributed by atoms with Crippen LogP contribution >= 0.6 is 11.6 Å². The first kappa shape index (κ1) is 16.1. The molecule has 0 spiro atoms. The zero-order valence-corrected chi connectivity index (χ0v) is 13.7. The third-order valence-corrected chi connectivity index (χ3v) is 3.97. The largest absolute Gasteiger partial charge is 0.313 e. The summed E-state index contributed by atoms with van der Waals surface area (Å²) in [4.78, 5) is 0. The van der Waals surface area contributed by atoms with Gasteiger partial charge in [0, 0.05) is 11.6 Å². The molecule has 0 saturated carbocycles. The van der Waals surface area contributed by atoms with Gasteiger partial charge in [0.05, 0.1) is 0 Å². The van der Waals surface area contributed by atoms with Gasteiger partial charge in [-0.15, -0.1) is 0 Å². The van der Waals surface area contributed by atoms with E-state index in [0.717, 1.165) is 36.5 Å². The summed E-state index contributed by atoms with van der Waals surface area (Å²) in [5.41, 5.74) is 4.97. The minimum Gasteiger partial charge on any atom is -0.313 e. The Morgan fingerprint density at radius 3 is 2.24 bits per heavy atom. The fourth-order valence-electron chi connectivity index (χ4n) is 2.42. The number of aryl methyl sites for hydroxylation is 1. The van der Waals surface area contributed by atoms with Crippen molar-refractivity contribution in [2.75, 3.05) is 6.54 Å². The van der Waals surface area contributed by atoms with Gasteiger partial charge in [0.1, 0.15) is 0 Å². The van der Waals surface area contributed by atoms with Crippen molar-refractivity contribution in [2.45, 2.75) is 39.7 Å². The molecule has 1 N–H and O–H groups in total. The average molecular weight is 302 g/mol. The van der Waals surface area contributed by atoms with Crippen molar-refractivity contribution in [1.29, 1.82) is 0 Å². The first-order chi connectivity index (χ1) is 10.2. The third kappa shape index (κ3) is 4.59. The second-order valence-corrected chi connectivity index (χ2v) is 5.84. The zero-order valence-electron chi connectivity index (χ0n) is 13.0. The van der Waals surface area contributed by atoms with Crippen molar-refractivity contribution in [1.82, 2.24) is 5.32 Å². The molecule has 0 saturated heterocycles. The van der Waals surface area contributed by atoms with Crippen LogP contribution in [0.15, 0.2) is 42.5 Å². The molecule has 2 rings (SSSR count). The van der Waals surface area contributed by atoms with Gasteiger partial charge in [0.15, 0.2) is 0 Å². The maximum absolute atomic E-state index is 6.40. The van der Waals surface area contributed by atoms with Gasteiger partial charge in [0.2, 0.25) is 0 Å². The quantitative estimate of drug-likeness (QED) is 0.670. The normalized spacial score (nSPS) is 10.8. The Morgan fingerprint density at radius 1 is 0.905 bits per heavy atom. The number of halogens is 1. The van der Waals surface area contributed by atoms with Crippen LogP contribution < -0.4 is 5.32 Å². The highest BCUT2D eigenvalue weighted by Gasteiger charge is 2.04. The van der Waals surface area contributed by atoms with Crippen LogP contribution in [0.2, 0.25) is 5.02 Å². The predicted molar refractivity (Wildman–Crippen MR) is 92.9 cm³/mol. The fraction of sp³-hybridized carbons (Fsp3) is 0.368. The van der Waals surface area contributed by atoms with E-state index in [1.807, 2.05) is 0 Å². The Morgan fingerprint density at radius 2 is 1.62 bits per heavy atom. The summed E-state index contributed by atoms with van der Waals surface area (Å²) in [7, 11) is 0. The van der Waals surface area contributed by atoms with Gasteiger partial charge in [-0.05, 0) is 47.7 Å². The van der Waals surface area contributed by atoms with Gasteiger partial charge < -0.3 is 5.32 Å². The minimum absolute atomic E-state index is 0.836. The van der Waals surface area contributed by atoms with Crippen molar-refractivity contribution in [2.24, 2.45) is 0 Å². The van der Waals surface area contributed by atoms with E-state index in [4.69, 9.17) is 11.6 Å². The predicted octanol–water partition coefficient (Wildman–Crippen LogP) is 5.46. The molecule has 0 unspecified atom stereocenters. The minimum atomic E-state index is 0.836. The molecule has 0 fully saturated rings. The molecule has 0 aliphatic carbocycles. The second kappa shape index (κ2) is 8.21. The van der Waals surface area contributed by atoms with E-state index in [9.17, 15) is 0 Å². The standard InChI is InChI=1S/C19H24ClN/c1-3-5-15-6-8-16(9-7-15)17-10-11-18(19(20)13-17)14-21-12-4-2/h6-11,13,21H,3-5,12,14H2,1-2H3. The molecule has 0 heterocycles. The lowest BCUT2D eigenvalue weighted by Gasteiger charge is -2.09. The van der Waals surface area contributed by atoms with Crippen LogP contribution in [0, 0.1) is 0 Å². The van der Waals surface area contributed by atoms with Crippen LogP contribution in [0.3, 0.4) is 0 Å². The second-order valence-electron chi connectivity index (χ2n) is 5.43. The van der Waals surface area contributed by atoms with E-state index in [1.165, 1.54) is 23.1 Å². The zero-order chi connectivity index (χ0) is 15.1. The van der Waals surface area contributed by atoms with Gasteiger partial charge in [-0.3, -0.25) is 0 Å². The van der Waals surface area contributed by atoms with Crippen molar-refractivity contribution < 1.29 is 0 Å². The van der Waals surface area contributed by atoms with Gasteiger partial charge in [-0.1, -0.05) is 68.3 Å². The number of nitrogens with one attached hydrogen (secondary N) is 1. The summed E-state index contributed by atoms with van der Waals surface area (Å²) in [5, 5.41) is 4.23. The summed E-state index contributed by atoms with van der Waals surface area (Å²) in [6.07, 6.45) is 3.47. The summed E-state index contributed by atoms with van der Waals surface area (Å²) < 4.78 is 0. The van der Waals surface area contributed by atoms with Crippen LogP contribution in [-0.2, 0) is 13.0 Å². The lowest BCUT2D eigenvalue weighted by atomic mass is 10.0. The first-order valence-corrected chi connectivity index (χ1v) is 8.20. The lowest BCUT2D eigenvalue weighted by molar-refractivity contribution is 0.675. The molecule has 2 aromatic carbocycles. The smallest absolute Gasteiger partial charge is 0.0457 e. The van der Waals surface area contributed by atoms with E-state index < -0.39 is 0 Å². The lowest BCUT2D eigenvalue weighted by Crippen LogP contribution is -2.13. The van der Waals surface area contributed by atoms with Crippen LogP contribution in [0.25, 0.3) is 11.1 Å². The molecule has 0 atom stereocenters. The van der Waals surface area contributed by atoms with E-state index in [1.54, 1.807) is 0 Å². The SMILES string of the molecule is CCCNCc1ccc(-c2ccc(CCC)cc2)cc1Cl. The molecule has 1 nitrogen and oxygen atoms in total. The monoisotopic (exact) mass is 301 g/mol. The number of hydrogen-bond acceptors (Lipinski definition) is 1. The highest BCUT2D eigenvalue weighted by atomic mass is 35.5. The van der Waals surface area contributed by atoms with Crippen LogP contribution in [-0.4, -0.2) is 6.54 Å². The highest BCUT2D eigenvalue weighted by molar-refractivity contribution is 6.31. The average Bonchev–Trinajstić information content (AvgIpc) is 2.50. The summed E-state index contributed by atoms with van der Waals surface area (Å²) >= 11 is 6.40. The molecule has 2 aromatic rings. The Bertz CT molecular complexity index is 560. The van der Waals surface area contributed by atoms with Crippen LogP contribution in [0.1, 0.15) is 37.8 Å². The highest BCUT2D eigenvalue weighted by Crippen LogP contribution is 2.26. The number of rotatable bonds is 7. The molecule has 0 bridgehead atoms. The number of benzene rings is 2. The van der Waals surface area contributed by atoms with Crippen molar-refractivity contribution in [3.63, 3.8) is 0 Å². The maximum atomic E-state index is 6.40. The fourth-order valence-corrected chi connectivity index (χ4v) is 2.67. The van der Waals surface area contributed by atoms with Crippen molar-refractivity contribution in [3.8, 4) is 11.1 Å². The molecule has 0 aliphatic rings. The number of hydrogen-bond donors (Lipinski definition) is 1. The van der Waals surface area contributed by atoms with E-state index in [0.29, 0.717) is 0 Å². The third-order valence-electron chi connectivity index (χ3n) is 3.62. The van der Waals surface area contributed by atoms with E-state index in [2.05, 4.69) is 61.6 Å². The Kier molecular flexibility index (Phi) is 6.28. The van der Waals surface area contributed by atoms with Crippen molar-refractivity contribution >= 4 is 11.6 Å². The molecule has 0 radical (unpaired) electrons. The Hall–Kier alpha value is -1.31. The van der Waals surface area contributed by atoms with E-state index >= 15 is 0 Å². The molecule has 112 valence electrons. The summed E-state index contributed by atoms with van der Waals surface area (Å²) in [6.45, 7) is 6.23. The molecule has 0 aliphatic heterocycles. The van der Waals surface area contributed by atoms with Gasteiger partial charge in [-0.2, -0.15) is 0 Å². The molecule has 0 amide bonds. The van der Waals surface area contributed by atoms with Crippen LogP contribution in [0.4, 0.5) is 0 Å². The van der Waals surface area contributed by atoms with E-state index in [-0.39, 0.29) is 0 Å². The van der Waals surface area contributed by atoms with Gasteiger partial charge >= 0.3 is 0 Å². The Labute approximate surface area is 133 Å². The molecule has 21 heavy (non-hydrogen) atoms. The first-order valence-electron chi connectivity index (χ1n) is 7.83. The molecular formula is C19H24ClN. The molecule has 0 aromatic heterocycles. The summed E-state index contributed by atoms with van der Waals surface area (Å²) in [5.74, 6) is 0. The topological polar surface area (TPSA) is 12.0 Å². The van der Waals surface area contributed by atoms with Gasteiger partial charge in [-0.25, -0.2) is 0 Å². The van der Waals surface area contributed by atoms with Crippen LogP contribution in [0.5, 0.6) is 0 Å². The molecule has 2 heteroatoms. The van der Waals surface area contributed by atoms with Crippen molar-refractivity contribution in [3.05, 3.63) is 58.6 Å².